The highest BCUT2D eigenvalue weighted by Gasteiger charge is 2.09. The molecular weight excluding hydrogens is 546 g/mol. The number of rotatable bonds is 9. The first kappa shape index (κ1) is 27.5. The third-order valence-corrected chi connectivity index (χ3v) is 6.55. The van der Waals surface area contributed by atoms with Crippen LogP contribution in [0.5, 0.6) is 11.5 Å². The molecule has 0 aliphatic carbocycles. The molecule has 3 aromatic carbocycles. The summed E-state index contributed by atoms with van der Waals surface area (Å²) in [5, 5.41) is 8.82. The number of ether oxygens (including phenoxy) is 3. The number of carboxylic acid groups (broad SMARTS) is 1. The van der Waals surface area contributed by atoms with Gasteiger partial charge in [-0.1, -0.05) is 52.0 Å². The van der Waals surface area contributed by atoms with Crippen molar-refractivity contribution in [1.82, 2.24) is 4.90 Å². The van der Waals surface area contributed by atoms with E-state index < -0.39 is 5.97 Å². The largest absolute Gasteiger partial charge is 0.489 e. The summed E-state index contributed by atoms with van der Waals surface area (Å²) in [6.45, 7) is 6.00. The molecule has 1 heterocycles. The molecule has 0 atom stereocenters. The molecule has 6 nitrogen and oxygen atoms in total. The smallest absolute Gasteiger partial charge is 0.341 e. The first-order valence-electron chi connectivity index (χ1n) is 12.4. The number of aryl methyl sites for hydroxylation is 1. The summed E-state index contributed by atoms with van der Waals surface area (Å²) in [6.07, 6.45) is 2.06. The van der Waals surface area contributed by atoms with Crippen molar-refractivity contribution in [2.24, 2.45) is 0 Å². The summed E-state index contributed by atoms with van der Waals surface area (Å²) in [6, 6.07) is 21.8. The molecule has 0 amide bonds. The first-order chi connectivity index (χ1) is 18.5. The van der Waals surface area contributed by atoms with Crippen molar-refractivity contribution < 1.29 is 24.1 Å². The van der Waals surface area contributed by atoms with E-state index in [0.717, 1.165) is 65.1 Å². The number of carbonyl (C=O) groups is 1. The van der Waals surface area contributed by atoms with E-state index in [1.54, 1.807) is 12.1 Å². The van der Waals surface area contributed by atoms with Crippen LogP contribution in [-0.4, -0.2) is 62.0 Å². The lowest BCUT2D eigenvalue weighted by Gasteiger charge is -2.24. The minimum atomic E-state index is -1.01. The lowest BCUT2D eigenvalue weighted by Crippen LogP contribution is -2.36. The van der Waals surface area contributed by atoms with Crippen LogP contribution in [0.3, 0.4) is 0 Å². The fraction of sp³-hybridized carbons (Fsp3) is 0.258. The van der Waals surface area contributed by atoms with E-state index in [2.05, 4.69) is 75.1 Å². The number of aliphatic carboxylic acids is 1. The zero-order chi connectivity index (χ0) is 26.7. The van der Waals surface area contributed by atoms with Gasteiger partial charge in [0.15, 0.2) is 6.61 Å². The van der Waals surface area contributed by atoms with Crippen molar-refractivity contribution in [3.05, 3.63) is 99.5 Å². The van der Waals surface area contributed by atoms with Gasteiger partial charge in [-0.3, -0.25) is 4.90 Å². The molecule has 0 radical (unpaired) electrons. The van der Waals surface area contributed by atoms with Gasteiger partial charge in [-0.2, -0.15) is 0 Å². The second-order valence-electron chi connectivity index (χ2n) is 8.81. The van der Waals surface area contributed by atoms with Crippen LogP contribution in [0, 0.1) is 18.8 Å². The summed E-state index contributed by atoms with van der Waals surface area (Å²) in [7, 11) is 0. The van der Waals surface area contributed by atoms with Crippen molar-refractivity contribution in [2.75, 3.05) is 46.1 Å². The Labute approximate surface area is 232 Å². The molecule has 0 unspecified atom stereocenters. The highest BCUT2D eigenvalue weighted by molar-refractivity contribution is 9.10. The lowest BCUT2D eigenvalue weighted by atomic mass is 9.97. The summed E-state index contributed by atoms with van der Waals surface area (Å²) < 4.78 is 17.7. The molecule has 1 fully saturated rings. The van der Waals surface area contributed by atoms with Crippen molar-refractivity contribution in [3.63, 3.8) is 0 Å². The molecule has 3 aromatic rings. The predicted molar refractivity (Wildman–Crippen MR) is 152 cm³/mol. The second kappa shape index (κ2) is 13.8. The Morgan fingerprint density at radius 2 is 1.71 bits per heavy atom. The van der Waals surface area contributed by atoms with Gasteiger partial charge in [0.1, 0.15) is 18.1 Å². The standard InChI is InChI=1S/C31H30BrNO5/c1-23-21-28(12-13-30(23)38-22-31(34)35)37-18-14-29(26-8-10-27(32)11-9-26)25-6-4-24(5-7-25)3-2-15-33-16-19-36-20-17-33/h4-14,21H,15-20,22H2,1H3,(H,34,35)/b29-14+. The summed E-state index contributed by atoms with van der Waals surface area (Å²) in [5.74, 6) is 6.74. The van der Waals surface area contributed by atoms with E-state index in [9.17, 15) is 4.79 Å². The predicted octanol–water partition coefficient (Wildman–Crippen LogP) is 5.42. The normalized spacial score (nSPS) is 13.9. The van der Waals surface area contributed by atoms with Crippen LogP contribution in [0.2, 0.25) is 0 Å². The molecule has 38 heavy (non-hydrogen) atoms. The maximum Gasteiger partial charge on any atom is 0.341 e. The monoisotopic (exact) mass is 575 g/mol. The minimum absolute atomic E-state index is 0.362. The quantitative estimate of drug-likeness (QED) is 0.344. The highest BCUT2D eigenvalue weighted by atomic mass is 79.9. The van der Waals surface area contributed by atoms with E-state index in [1.165, 1.54) is 0 Å². The molecule has 0 aromatic heterocycles. The van der Waals surface area contributed by atoms with Crippen LogP contribution in [0.25, 0.3) is 5.57 Å². The van der Waals surface area contributed by atoms with Crippen LogP contribution in [0.4, 0.5) is 0 Å². The Morgan fingerprint density at radius 3 is 2.37 bits per heavy atom. The van der Waals surface area contributed by atoms with Gasteiger partial charge in [-0.15, -0.1) is 0 Å². The molecule has 4 rings (SSSR count). The maximum absolute atomic E-state index is 10.8. The van der Waals surface area contributed by atoms with Gasteiger partial charge in [0, 0.05) is 23.1 Å². The molecule has 0 bridgehead atoms. The fourth-order valence-corrected chi connectivity index (χ4v) is 4.28. The van der Waals surface area contributed by atoms with E-state index in [0.29, 0.717) is 18.1 Å². The van der Waals surface area contributed by atoms with Crippen LogP contribution in [0.15, 0.2) is 77.3 Å². The van der Waals surface area contributed by atoms with Gasteiger partial charge >= 0.3 is 5.97 Å². The van der Waals surface area contributed by atoms with Crippen molar-refractivity contribution >= 4 is 27.5 Å². The van der Waals surface area contributed by atoms with Gasteiger partial charge in [0.2, 0.25) is 0 Å². The number of morpholine rings is 1. The number of benzene rings is 3. The third kappa shape index (κ3) is 8.22. The van der Waals surface area contributed by atoms with Gasteiger partial charge in [0.25, 0.3) is 0 Å². The fourth-order valence-electron chi connectivity index (χ4n) is 4.01. The van der Waals surface area contributed by atoms with Crippen LogP contribution < -0.4 is 9.47 Å². The number of hydrogen-bond acceptors (Lipinski definition) is 5. The Hall–Kier alpha value is -3.57. The molecule has 0 saturated carbocycles. The van der Waals surface area contributed by atoms with Gasteiger partial charge in [-0.05, 0) is 77.7 Å². The molecule has 1 aliphatic rings. The Kier molecular flexibility index (Phi) is 9.99. The van der Waals surface area contributed by atoms with E-state index in [1.807, 2.05) is 25.1 Å². The molecule has 1 N–H and O–H groups in total. The lowest BCUT2D eigenvalue weighted by molar-refractivity contribution is -0.139. The zero-order valence-electron chi connectivity index (χ0n) is 21.3. The SMILES string of the molecule is Cc1cc(OC/C=C(/c2ccc(Br)cc2)c2ccc(C#CCN3CCOCC3)cc2)ccc1OCC(=O)O. The topological polar surface area (TPSA) is 68.2 Å². The minimum Gasteiger partial charge on any atom is -0.489 e. The van der Waals surface area contributed by atoms with Crippen molar-refractivity contribution in [2.45, 2.75) is 6.92 Å². The highest BCUT2D eigenvalue weighted by Crippen LogP contribution is 2.27. The Balaban J connectivity index is 1.46. The van der Waals surface area contributed by atoms with Gasteiger partial charge in [0.05, 0.1) is 19.8 Å². The summed E-state index contributed by atoms with van der Waals surface area (Å²) in [4.78, 5) is 13.1. The third-order valence-electron chi connectivity index (χ3n) is 6.03. The van der Waals surface area contributed by atoms with Crippen LogP contribution in [-0.2, 0) is 9.53 Å². The molecule has 196 valence electrons. The maximum atomic E-state index is 10.8. The van der Waals surface area contributed by atoms with Crippen molar-refractivity contribution in [3.8, 4) is 23.3 Å². The van der Waals surface area contributed by atoms with Crippen LogP contribution in [0.1, 0.15) is 22.3 Å². The zero-order valence-corrected chi connectivity index (χ0v) is 22.9. The summed E-state index contributed by atoms with van der Waals surface area (Å²) >= 11 is 3.52. The molecule has 1 saturated heterocycles. The van der Waals surface area contributed by atoms with Crippen LogP contribution >= 0.6 is 15.9 Å². The van der Waals surface area contributed by atoms with E-state index >= 15 is 0 Å². The van der Waals surface area contributed by atoms with Crippen molar-refractivity contribution in [1.29, 1.82) is 0 Å². The number of halogens is 1. The number of carboxylic acids is 1. The molecule has 1 aliphatic heterocycles. The number of nitrogens with zero attached hydrogens (tertiary/aromatic N) is 1. The average Bonchev–Trinajstić information content (AvgIpc) is 2.92. The second-order valence-corrected chi connectivity index (χ2v) is 9.73. The molecular formula is C31H30BrNO5. The van der Waals surface area contributed by atoms with Gasteiger partial charge < -0.3 is 19.3 Å². The van der Waals surface area contributed by atoms with Gasteiger partial charge in [-0.25, -0.2) is 4.79 Å². The van der Waals surface area contributed by atoms with E-state index in [-0.39, 0.29) is 6.61 Å². The molecule has 0 spiro atoms. The molecule has 7 heteroatoms. The first-order valence-corrected chi connectivity index (χ1v) is 13.2. The van der Waals surface area contributed by atoms with E-state index in [4.69, 9.17) is 19.3 Å². The summed E-state index contributed by atoms with van der Waals surface area (Å²) in [5.41, 5.74) is 5.00. The average molecular weight is 576 g/mol. The number of hydrogen-bond donors (Lipinski definition) is 1. The Bertz CT molecular complexity index is 1320. The Morgan fingerprint density at radius 1 is 1.03 bits per heavy atom.